The van der Waals surface area contributed by atoms with E-state index < -0.39 is 6.04 Å². The fraction of sp³-hybridized carbons (Fsp3) is 0.560. The maximum atomic E-state index is 13.9. The first-order valence-electron chi connectivity index (χ1n) is 11.4. The summed E-state index contributed by atoms with van der Waals surface area (Å²) in [5.74, 6) is -0.560. The monoisotopic (exact) mass is 406 g/mol. The molecular formula is C25H30N2O3. The number of likely N-dealkylation sites (tertiary alicyclic amines) is 2. The van der Waals surface area contributed by atoms with Crippen LogP contribution in [0, 0.1) is 23.7 Å². The molecule has 2 aliphatic carbocycles. The van der Waals surface area contributed by atoms with Gasteiger partial charge in [-0.25, -0.2) is 0 Å². The van der Waals surface area contributed by atoms with Gasteiger partial charge in [0.2, 0.25) is 17.7 Å². The molecule has 3 fully saturated rings. The molecule has 7 unspecified atom stereocenters. The van der Waals surface area contributed by atoms with Gasteiger partial charge in [-0.15, -0.1) is 0 Å². The Bertz CT molecular complexity index is 855. The molecule has 2 heterocycles. The van der Waals surface area contributed by atoms with Crippen molar-refractivity contribution in [3.05, 3.63) is 48.0 Å². The first-order valence-corrected chi connectivity index (χ1v) is 11.4. The summed E-state index contributed by atoms with van der Waals surface area (Å²) in [5.41, 5.74) is 0.979. The lowest BCUT2D eigenvalue weighted by Gasteiger charge is -2.42. The van der Waals surface area contributed by atoms with E-state index in [1.54, 1.807) is 0 Å². The van der Waals surface area contributed by atoms with Crippen molar-refractivity contribution < 1.29 is 14.4 Å². The maximum absolute atomic E-state index is 13.9. The topological polar surface area (TPSA) is 57.7 Å². The van der Waals surface area contributed by atoms with Crippen molar-refractivity contribution in [3.8, 4) is 0 Å². The highest BCUT2D eigenvalue weighted by Gasteiger charge is 2.61. The number of allylic oxidation sites excluding steroid dienone is 2. The van der Waals surface area contributed by atoms with Crippen LogP contribution >= 0.6 is 0 Å². The third kappa shape index (κ3) is 2.93. The summed E-state index contributed by atoms with van der Waals surface area (Å²) in [6.45, 7) is 4.17. The van der Waals surface area contributed by atoms with Crippen LogP contribution in [0.4, 0.5) is 0 Å². The van der Waals surface area contributed by atoms with Gasteiger partial charge in [0.15, 0.2) is 0 Å². The zero-order valence-corrected chi connectivity index (χ0v) is 17.7. The van der Waals surface area contributed by atoms with Crippen LogP contribution in [0.15, 0.2) is 42.5 Å². The van der Waals surface area contributed by atoms with E-state index in [4.69, 9.17) is 0 Å². The summed E-state index contributed by atoms with van der Waals surface area (Å²) in [4.78, 5) is 44.1. The van der Waals surface area contributed by atoms with Gasteiger partial charge < -0.3 is 4.90 Å². The molecule has 4 aliphatic rings. The Labute approximate surface area is 178 Å². The van der Waals surface area contributed by atoms with E-state index in [0.717, 1.165) is 31.2 Å². The Kier molecular flexibility index (Phi) is 4.79. The van der Waals surface area contributed by atoms with Gasteiger partial charge in [-0.1, -0.05) is 42.5 Å². The van der Waals surface area contributed by atoms with Crippen LogP contribution in [-0.2, 0) is 20.8 Å². The Balaban J connectivity index is 1.49. The standard InChI is InChI=1S/C25H30N2O3/c1-15-7-6-8-16(2)26(15)23(28)20(13-17-9-4-3-5-10-17)27-24(29)21-18-11-12-19(14-18)22(21)25(27)30/h3-5,9-12,15-16,18-22H,6-8,13-14H2,1-2H3. The number of imide groups is 1. The molecule has 2 saturated heterocycles. The van der Waals surface area contributed by atoms with Crippen LogP contribution in [0.5, 0.6) is 0 Å². The highest BCUT2D eigenvalue weighted by molar-refractivity contribution is 6.09. The largest absolute Gasteiger partial charge is 0.335 e. The minimum absolute atomic E-state index is 0.0690. The van der Waals surface area contributed by atoms with Gasteiger partial charge in [-0.2, -0.15) is 0 Å². The molecule has 0 aromatic heterocycles. The Morgan fingerprint density at radius 1 is 0.967 bits per heavy atom. The second kappa shape index (κ2) is 7.36. The summed E-state index contributed by atoms with van der Waals surface area (Å²) >= 11 is 0. The number of benzene rings is 1. The number of nitrogens with zero attached hydrogens (tertiary/aromatic N) is 2. The van der Waals surface area contributed by atoms with Crippen LogP contribution < -0.4 is 0 Å². The van der Waals surface area contributed by atoms with Crippen molar-refractivity contribution in [2.45, 2.75) is 64.1 Å². The third-order valence-electron chi connectivity index (χ3n) is 7.82. The maximum Gasteiger partial charge on any atom is 0.246 e. The van der Waals surface area contributed by atoms with Crippen LogP contribution in [0.2, 0.25) is 0 Å². The Hall–Kier alpha value is -2.43. The lowest BCUT2D eigenvalue weighted by atomic mass is 9.85. The smallest absolute Gasteiger partial charge is 0.246 e. The number of carbonyl (C=O) groups is 3. The van der Waals surface area contributed by atoms with Crippen molar-refractivity contribution in [2.24, 2.45) is 23.7 Å². The molecule has 1 saturated carbocycles. The molecule has 5 heteroatoms. The van der Waals surface area contributed by atoms with Gasteiger partial charge in [0.25, 0.3) is 0 Å². The predicted octanol–water partition coefficient (Wildman–Crippen LogP) is 3.19. The lowest BCUT2D eigenvalue weighted by Crippen LogP contribution is -2.58. The molecule has 1 aromatic carbocycles. The SMILES string of the molecule is CC1CCCC(C)N1C(=O)C(Cc1ccccc1)N1C(=O)C2C3C=CC(C3)C2C1=O. The van der Waals surface area contributed by atoms with E-state index in [-0.39, 0.29) is 53.5 Å². The van der Waals surface area contributed by atoms with Crippen LogP contribution in [0.25, 0.3) is 0 Å². The van der Waals surface area contributed by atoms with E-state index in [0.29, 0.717) is 6.42 Å². The number of fused-ring (bicyclic) bond motifs is 5. The molecule has 158 valence electrons. The average molecular weight is 407 g/mol. The molecule has 1 aromatic rings. The van der Waals surface area contributed by atoms with Crippen molar-refractivity contribution in [1.29, 1.82) is 0 Å². The zero-order valence-electron chi connectivity index (χ0n) is 17.7. The minimum atomic E-state index is -0.750. The normalized spacial score (nSPS) is 35.8. The van der Waals surface area contributed by atoms with Crippen LogP contribution in [-0.4, -0.2) is 45.6 Å². The van der Waals surface area contributed by atoms with Gasteiger partial charge >= 0.3 is 0 Å². The lowest BCUT2D eigenvalue weighted by molar-refractivity contribution is -0.155. The Morgan fingerprint density at radius 3 is 2.10 bits per heavy atom. The number of hydrogen-bond acceptors (Lipinski definition) is 3. The quantitative estimate of drug-likeness (QED) is 0.570. The highest BCUT2D eigenvalue weighted by Crippen LogP contribution is 2.53. The van der Waals surface area contributed by atoms with Crippen molar-refractivity contribution in [2.75, 3.05) is 0 Å². The summed E-state index contributed by atoms with van der Waals surface area (Å²) in [6.07, 6.45) is 8.53. The Morgan fingerprint density at radius 2 is 1.53 bits per heavy atom. The van der Waals surface area contributed by atoms with Crippen molar-refractivity contribution in [1.82, 2.24) is 9.80 Å². The molecule has 0 N–H and O–H groups in total. The van der Waals surface area contributed by atoms with E-state index in [9.17, 15) is 14.4 Å². The molecule has 5 rings (SSSR count). The van der Waals surface area contributed by atoms with E-state index in [1.165, 1.54) is 4.90 Å². The average Bonchev–Trinajstić information content (AvgIpc) is 3.41. The number of piperidine rings is 1. The molecule has 0 radical (unpaired) electrons. The molecule has 5 nitrogen and oxygen atoms in total. The van der Waals surface area contributed by atoms with E-state index in [1.807, 2.05) is 35.2 Å². The summed E-state index contributed by atoms with van der Waals surface area (Å²) in [5, 5.41) is 0. The van der Waals surface area contributed by atoms with Gasteiger partial charge in [0.05, 0.1) is 11.8 Å². The second-order valence-corrected chi connectivity index (χ2v) is 9.63. The van der Waals surface area contributed by atoms with E-state index >= 15 is 0 Å². The van der Waals surface area contributed by atoms with Gasteiger partial charge in [0.1, 0.15) is 6.04 Å². The molecule has 3 amide bonds. The van der Waals surface area contributed by atoms with Crippen LogP contribution in [0.3, 0.4) is 0 Å². The van der Waals surface area contributed by atoms with Gasteiger partial charge in [-0.05, 0) is 56.9 Å². The fourth-order valence-corrected chi connectivity index (χ4v) is 6.39. The highest BCUT2D eigenvalue weighted by atomic mass is 16.2. The number of carbonyl (C=O) groups excluding carboxylic acids is 3. The zero-order chi connectivity index (χ0) is 21.0. The first kappa shape index (κ1) is 19.5. The first-order chi connectivity index (χ1) is 14.5. The van der Waals surface area contributed by atoms with Crippen molar-refractivity contribution >= 4 is 17.7 Å². The molecule has 2 aliphatic heterocycles. The summed E-state index contributed by atoms with van der Waals surface area (Å²) in [6, 6.07) is 9.27. The number of hydrogen-bond donors (Lipinski definition) is 0. The molecule has 0 spiro atoms. The minimum Gasteiger partial charge on any atom is -0.335 e. The number of amides is 3. The summed E-state index contributed by atoms with van der Waals surface area (Å²) in [7, 11) is 0. The van der Waals surface area contributed by atoms with E-state index in [2.05, 4.69) is 26.0 Å². The van der Waals surface area contributed by atoms with Crippen LogP contribution in [0.1, 0.15) is 45.1 Å². The molecule has 30 heavy (non-hydrogen) atoms. The third-order valence-corrected chi connectivity index (χ3v) is 7.82. The second-order valence-electron chi connectivity index (χ2n) is 9.63. The molecule has 2 bridgehead atoms. The summed E-state index contributed by atoms with van der Waals surface area (Å²) < 4.78 is 0. The van der Waals surface area contributed by atoms with Gasteiger partial charge in [0, 0.05) is 18.5 Å². The number of rotatable bonds is 4. The molecular weight excluding hydrogens is 376 g/mol. The van der Waals surface area contributed by atoms with Gasteiger partial charge in [-0.3, -0.25) is 19.3 Å². The molecule has 7 atom stereocenters. The predicted molar refractivity (Wildman–Crippen MR) is 113 cm³/mol. The van der Waals surface area contributed by atoms with Crippen molar-refractivity contribution in [3.63, 3.8) is 0 Å². The fourth-order valence-electron chi connectivity index (χ4n) is 6.39.